The molecule has 38 nitrogen and oxygen atoms in total. The molecule has 5 amide bonds. The fourth-order valence-electron chi connectivity index (χ4n) is 12.5. The van der Waals surface area contributed by atoms with Gasteiger partial charge in [-0.1, -0.05) is 79.7 Å². The highest BCUT2D eigenvalue weighted by atomic mass is 16.7. The molecule has 38 heteroatoms. The summed E-state index contributed by atoms with van der Waals surface area (Å²) < 4.78 is 40.8. The predicted octanol–water partition coefficient (Wildman–Crippen LogP) is -9.24. The van der Waals surface area contributed by atoms with E-state index in [-0.39, 0.29) is 37.0 Å². The van der Waals surface area contributed by atoms with Crippen LogP contribution in [0.2, 0.25) is 0 Å². The number of amides is 5. The van der Waals surface area contributed by atoms with Gasteiger partial charge in [0.25, 0.3) is 0 Å². The zero-order valence-electron chi connectivity index (χ0n) is 56.3. The minimum atomic E-state index is -2.33. The monoisotopic (exact) mass is 1480 g/mol. The molecule has 5 saturated heterocycles. The van der Waals surface area contributed by atoms with Gasteiger partial charge in [-0.3, -0.25) is 39.6 Å². The molecule has 1 radical (unpaired) electrons. The van der Waals surface area contributed by atoms with Crippen molar-refractivity contribution in [2.75, 3.05) is 46.1 Å². The standard InChI is InChI=1S/C67H89N12O26/c1-30(33-8-4-2-5-9-33)45(76-44(84)21-68)60(96)74-38(59(95)77-46(48(85)39-22-71-66(69)75-39)62(98)78-47(61(97)73-34(24-80)25-81)49(86)40-23-72-67(70)79(40)63-55(92)52(89)50(87)41(26-82)102-63)20-31-12-16-37(17-13-31)101-64-57(94)54(91)58(42(27-83)103-64)105-65-56(93)53(90)51(88)43(104-65)29-99-28-32-14-18-36(19-15-32)100-35-10-6-3-7-11-35/h2-19,30,34,38-43,45-58,63-65,80,82-83,85-94H,20-24,26-29,68H2,1H3,(H2,70,72)(H,73,97)(H,74,96)(H,76,84)(H,77,95)(H,78,98)(H3,69,71,75). The Bertz CT molecular complexity index is 3550. The summed E-state index contributed by atoms with van der Waals surface area (Å²) in [4.78, 5) is 84.9. The molecule has 25 unspecified atom stereocenters. The molecule has 573 valence electrons. The Labute approximate surface area is 599 Å². The highest BCUT2D eigenvalue weighted by Crippen LogP contribution is 2.33. The number of carbonyl (C=O) groups excluding carboxylic acids is 6. The maximum Gasteiger partial charge on any atom is 0.246 e. The van der Waals surface area contributed by atoms with Gasteiger partial charge in [0.05, 0.1) is 51.7 Å². The molecule has 0 saturated carbocycles. The van der Waals surface area contributed by atoms with Gasteiger partial charge in [-0.15, -0.1) is 0 Å². The van der Waals surface area contributed by atoms with Gasteiger partial charge in [0.2, 0.25) is 42.1 Å². The average molecular weight is 1480 g/mol. The van der Waals surface area contributed by atoms with Crippen molar-refractivity contribution < 1.29 is 128 Å². The van der Waals surface area contributed by atoms with Crippen LogP contribution in [0.25, 0.3) is 0 Å². The van der Waals surface area contributed by atoms with Crippen LogP contribution in [0.4, 0.5) is 0 Å². The second kappa shape index (κ2) is 37.0. The Morgan fingerprint density at radius 3 is 1.81 bits per heavy atom. The lowest BCUT2D eigenvalue weighted by Gasteiger charge is -2.46. The molecule has 5 aliphatic rings. The van der Waals surface area contributed by atoms with Crippen LogP contribution >= 0.6 is 0 Å². The summed E-state index contributed by atoms with van der Waals surface area (Å²) in [6.45, 7) is -2.93. The van der Waals surface area contributed by atoms with Gasteiger partial charge >= 0.3 is 0 Å². The number of rotatable bonds is 33. The number of guanidine groups is 2. The van der Waals surface area contributed by atoms with Crippen molar-refractivity contribution in [1.82, 2.24) is 47.4 Å². The van der Waals surface area contributed by atoms with Crippen LogP contribution in [0.1, 0.15) is 29.5 Å². The summed E-state index contributed by atoms with van der Waals surface area (Å²) in [7, 11) is 0. The van der Waals surface area contributed by atoms with Crippen molar-refractivity contribution in [3.63, 3.8) is 0 Å². The molecule has 0 aromatic heterocycles. The lowest BCUT2D eigenvalue weighted by Crippen LogP contribution is -2.69. The molecule has 9 rings (SSSR count). The number of para-hydroxylation sites is 1. The van der Waals surface area contributed by atoms with E-state index in [1.165, 1.54) is 30.6 Å². The SMILES string of the molecule is CC(c1ccccc1)C(NC(=O)CN)C(=O)NC(Cc1ccc(OC2OC(CO)C(OC3OC(COCc4ccc(Oc5ccccc5)cc4)C(O)C(O)C3O)C(O)C2O)cc1)C(=O)NC(C(=O)NC(C(=O)NC([C]=O)CO)C(O)C1CNC(=N)N1C1OC(CO)C(O)C(O)C1O)C(O)C1CNC(=N)N1. The maximum absolute atomic E-state index is 15.2. The number of ether oxygens (including phenoxy) is 7. The molecular formula is C67H89N12O26. The van der Waals surface area contributed by atoms with Gasteiger partial charge in [0.1, 0.15) is 133 Å². The number of benzene rings is 4. The van der Waals surface area contributed by atoms with E-state index in [2.05, 4.69) is 42.5 Å². The lowest BCUT2D eigenvalue weighted by molar-refractivity contribution is -0.353. The number of hydrogen-bond acceptors (Lipinski definition) is 29. The molecule has 105 heavy (non-hydrogen) atoms. The normalized spacial score (nSPS) is 29.7. The van der Waals surface area contributed by atoms with Crippen LogP contribution in [0.5, 0.6) is 17.2 Å². The minimum absolute atomic E-state index is 0.0170. The Morgan fingerprint density at radius 1 is 0.610 bits per heavy atom. The van der Waals surface area contributed by atoms with Gasteiger partial charge in [-0.05, 0) is 53.1 Å². The average Bonchev–Trinajstić information content (AvgIpc) is 1.76. The zero-order chi connectivity index (χ0) is 75.9. The summed E-state index contributed by atoms with van der Waals surface area (Å²) >= 11 is 0. The van der Waals surface area contributed by atoms with Crippen LogP contribution in [-0.4, -0.2) is 312 Å². The third-order valence-electron chi connectivity index (χ3n) is 18.4. The first-order chi connectivity index (χ1) is 50.3. The highest BCUT2D eigenvalue weighted by molar-refractivity contribution is 5.97. The Kier molecular flexibility index (Phi) is 28.3. The molecule has 4 aromatic carbocycles. The van der Waals surface area contributed by atoms with E-state index in [4.69, 9.17) is 49.7 Å². The fraction of sp³-hybridized carbons (Fsp3) is 0.522. The van der Waals surface area contributed by atoms with E-state index in [0.29, 0.717) is 22.6 Å². The zero-order valence-corrected chi connectivity index (χ0v) is 56.3. The summed E-state index contributed by atoms with van der Waals surface area (Å²) in [5, 5.41) is 179. The van der Waals surface area contributed by atoms with Crippen LogP contribution in [0, 0.1) is 10.8 Å². The molecule has 25 N–H and O–H groups in total. The number of nitrogens with zero attached hydrogens (tertiary/aromatic N) is 1. The Morgan fingerprint density at radius 2 is 1.18 bits per heavy atom. The number of carbonyl (C=O) groups is 5. The second-order valence-electron chi connectivity index (χ2n) is 25.6. The first-order valence-electron chi connectivity index (χ1n) is 33.5. The summed E-state index contributed by atoms with van der Waals surface area (Å²) in [5.74, 6) is -6.62. The largest absolute Gasteiger partial charge is 0.462 e. The quantitative estimate of drug-likeness (QED) is 0.0211. The van der Waals surface area contributed by atoms with Gasteiger partial charge in [0.15, 0.2) is 24.4 Å². The predicted molar refractivity (Wildman–Crippen MR) is 359 cm³/mol. The molecule has 4 aromatic rings. The van der Waals surface area contributed by atoms with Crippen molar-refractivity contribution in [2.24, 2.45) is 5.73 Å². The second-order valence-corrected chi connectivity index (χ2v) is 25.6. The number of aliphatic hydroxyl groups is 13. The Balaban J connectivity index is 0.933. The third kappa shape index (κ3) is 19.7. The first-order valence-corrected chi connectivity index (χ1v) is 33.5. The molecular weight excluding hydrogens is 1390 g/mol. The van der Waals surface area contributed by atoms with Crippen molar-refractivity contribution in [3.8, 4) is 17.2 Å². The van der Waals surface area contributed by atoms with Crippen molar-refractivity contribution in [3.05, 3.63) is 126 Å². The van der Waals surface area contributed by atoms with E-state index in [9.17, 15) is 85.6 Å². The van der Waals surface area contributed by atoms with Crippen molar-refractivity contribution >= 4 is 47.7 Å². The Hall–Kier alpha value is -8.72. The van der Waals surface area contributed by atoms with Crippen LogP contribution in [0.3, 0.4) is 0 Å². The molecule has 5 fully saturated rings. The van der Waals surface area contributed by atoms with Crippen LogP contribution in [0.15, 0.2) is 109 Å². The van der Waals surface area contributed by atoms with Gasteiger partial charge in [0, 0.05) is 25.4 Å². The fourth-order valence-corrected chi connectivity index (χ4v) is 12.5. The molecule has 0 aliphatic carbocycles. The summed E-state index contributed by atoms with van der Waals surface area (Å²) in [6.07, 6.45) is -30.4. The molecule has 5 heterocycles. The first kappa shape index (κ1) is 80.4. The van der Waals surface area contributed by atoms with Crippen molar-refractivity contribution in [1.29, 1.82) is 10.8 Å². The number of hydrogen-bond donors (Lipinski definition) is 24. The number of nitrogens with one attached hydrogen (secondary N) is 10. The molecule has 25 atom stereocenters. The van der Waals surface area contributed by atoms with Gasteiger partial charge in [-0.2, -0.15) is 0 Å². The number of aliphatic hydroxyl groups excluding tert-OH is 13. The van der Waals surface area contributed by atoms with E-state index in [1.807, 2.05) is 18.2 Å². The van der Waals surface area contributed by atoms with Gasteiger partial charge in [-0.25, -0.2) is 0 Å². The lowest BCUT2D eigenvalue weighted by atomic mass is 9.92. The highest BCUT2D eigenvalue weighted by Gasteiger charge is 2.54. The summed E-state index contributed by atoms with van der Waals surface area (Å²) in [6, 6.07) is 17.1. The van der Waals surface area contributed by atoms with E-state index < -0.39 is 227 Å². The molecule has 0 spiro atoms. The topological polar surface area (TPSA) is 603 Å². The molecule has 0 bridgehead atoms. The number of nitrogens with two attached hydrogens (primary N) is 1. The minimum Gasteiger partial charge on any atom is -0.462 e. The third-order valence-corrected chi connectivity index (χ3v) is 18.4. The van der Waals surface area contributed by atoms with E-state index in [0.717, 1.165) is 4.90 Å². The van der Waals surface area contributed by atoms with Crippen molar-refractivity contribution in [2.45, 2.75) is 172 Å². The van der Waals surface area contributed by atoms with Crippen LogP contribution in [-0.2, 0) is 65.5 Å². The van der Waals surface area contributed by atoms with E-state index in [1.54, 1.807) is 73.7 Å². The summed E-state index contributed by atoms with van der Waals surface area (Å²) in [5.41, 5.74) is 7.13. The van der Waals surface area contributed by atoms with Gasteiger partial charge < -0.3 is 153 Å². The smallest absolute Gasteiger partial charge is 0.246 e. The maximum atomic E-state index is 15.2. The van der Waals surface area contributed by atoms with E-state index >= 15 is 9.59 Å². The molecule has 5 aliphatic heterocycles. The van der Waals surface area contributed by atoms with Crippen LogP contribution < -0.4 is 57.7 Å².